The largest absolute Gasteiger partial charge is 1.00 e. The Balaban J connectivity index is 0. The third-order valence-corrected chi connectivity index (χ3v) is 6.79. The van der Waals surface area contributed by atoms with Gasteiger partial charge in [0.1, 0.15) is 0 Å². The van der Waals surface area contributed by atoms with Crippen LogP contribution in [0.4, 0.5) is 0 Å². The topological polar surface area (TPSA) is 77.4 Å². The van der Waals surface area contributed by atoms with Gasteiger partial charge in [0.2, 0.25) is 0 Å². The summed E-state index contributed by atoms with van der Waals surface area (Å²) in [5, 5.41) is 9.23. The second-order valence-corrected chi connectivity index (χ2v) is 9.82. The molecule has 0 rings (SSSR count). The number of hydrogen-bond acceptors (Lipinski definition) is 4. The first-order valence-corrected chi connectivity index (χ1v) is 13.0. The zero-order chi connectivity index (χ0) is 20.4. The summed E-state index contributed by atoms with van der Waals surface area (Å²) in [5.74, 6) is 0. The fourth-order valence-corrected chi connectivity index (χ4v) is 4.50. The van der Waals surface area contributed by atoms with E-state index in [2.05, 4.69) is 13.8 Å². The molecule has 0 aromatic rings. The Hall–Kier alpha value is 1.51. The van der Waals surface area contributed by atoms with Gasteiger partial charge in [-0.15, -0.1) is 0 Å². The summed E-state index contributed by atoms with van der Waals surface area (Å²) in [7, 11) is -4.26. The summed E-state index contributed by atoms with van der Waals surface area (Å²) in [4.78, 5) is 0. The Kier molecular flexibility index (Phi) is 24.6. The number of hydrogen-bond donors (Lipinski definition) is 1. The van der Waals surface area contributed by atoms with Crippen LogP contribution in [0.3, 0.4) is 0 Å². The van der Waals surface area contributed by atoms with Crippen molar-refractivity contribution in [1.82, 2.24) is 0 Å². The van der Waals surface area contributed by atoms with Crippen molar-refractivity contribution >= 4 is 10.1 Å². The van der Waals surface area contributed by atoms with Crippen molar-refractivity contribution in [2.45, 2.75) is 141 Å². The molecule has 0 amide bonds. The van der Waals surface area contributed by atoms with Gasteiger partial charge in [0.15, 0.2) is 0 Å². The predicted octanol–water partition coefficient (Wildman–Crippen LogP) is 3.33. The number of unbranched alkanes of at least 4 members (excludes halogenated alkanes) is 12. The third-order valence-electron chi connectivity index (χ3n) is 5.50. The minimum absolute atomic E-state index is 0. The maximum absolute atomic E-state index is 11.5. The molecule has 4 nitrogen and oxygen atoms in total. The molecular weight excluding hydrogens is 399 g/mol. The van der Waals surface area contributed by atoms with E-state index in [1.165, 1.54) is 57.8 Å². The van der Waals surface area contributed by atoms with Crippen LogP contribution in [-0.2, 0) is 10.1 Å². The maximum Gasteiger partial charge on any atom is 1.00 e. The molecule has 1 N–H and O–H groups in total. The van der Waals surface area contributed by atoms with E-state index in [0.29, 0.717) is 25.7 Å². The molecule has 0 spiro atoms. The van der Waals surface area contributed by atoms with Gasteiger partial charge in [0, 0.05) is 5.25 Å². The van der Waals surface area contributed by atoms with E-state index in [1.54, 1.807) is 0 Å². The average Bonchev–Trinajstić information content (AvgIpc) is 2.61. The van der Waals surface area contributed by atoms with Crippen LogP contribution in [0.15, 0.2) is 0 Å². The summed E-state index contributed by atoms with van der Waals surface area (Å²) in [6.07, 6.45) is 17.7. The summed E-state index contributed by atoms with van der Waals surface area (Å²) in [6, 6.07) is 0. The van der Waals surface area contributed by atoms with Gasteiger partial charge in [-0.05, 0) is 25.7 Å². The van der Waals surface area contributed by atoms with E-state index < -0.39 is 21.5 Å². The van der Waals surface area contributed by atoms with Crippen molar-refractivity contribution < 1.29 is 69.5 Å². The number of aliphatic hydroxyl groups excluding tert-OH is 1. The van der Waals surface area contributed by atoms with Crippen LogP contribution in [0.5, 0.6) is 0 Å². The average molecular weight is 445 g/mol. The molecule has 0 heterocycles. The smallest absolute Gasteiger partial charge is 0.748 e. The Labute approximate surface area is 218 Å². The van der Waals surface area contributed by atoms with Gasteiger partial charge in [0.05, 0.1) is 16.2 Å². The quantitative estimate of drug-likeness (QED) is 0.177. The van der Waals surface area contributed by atoms with Gasteiger partial charge in [-0.2, -0.15) is 0 Å². The molecule has 2 atom stereocenters. The second-order valence-electron chi connectivity index (χ2n) is 8.17. The molecule has 2 unspecified atom stereocenters. The molecule has 0 saturated heterocycles. The molecule has 0 bridgehead atoms. The minimum atomic E-state index is -4.26. The van der Waals surface area contributed by atoms with Crippen LogP contribution < -0.4 is 51.4 Å². The molecule has 0 aliphatic carbocycles. The first-order chi connectivity index (χ1) is 12.9. The minimum Gasteiger partial charge on any atom is -0.748 e. The summed E-state index contributed by atoms with van der Waals surface area (Å²) >= 11 is 0. The second kappa shape index (κ2) is 21.7. The molecule has 0 aromatic carbocycles. The van der Waals surface area contributed by atoms with Gasteiger partial charge in [-0.1, -0.05) is 104 Å². The Morgan fingerprint density at radius 2 is 1.04 bits per heavy atom. The van der Waals surface area contributed by atoms with E-state index >= 15 is 0 Å². The molecule has 0 aromatic heterocycles. The van der Waals surface area contributed by atoms with Crippen LogP contribution in [0.25, 0.3) is 0 Å². The number of aliphatic hydroxyl groups is 1. The van der Waals surface area contributed by atoms with Gasteiger partial charge < -0.3 is 9.66 Å². The van der Waals surface area contributed by atoms with E-state index in [4.69, 9.17) is 0 Å². The molecule has 28 heavy (non-hydrogen) atoms. The van der Waals surface area contributed by atoms with Gasteiger partial charge in [-0.25, -0.2) is 8.42 Å². The van der Waals surface area contributed by atoms with Gasteiger partial charge in [-0.3, -0.25) is 0 Å². The summed E-state index contributed by atoms with van der Waals surface area (Å²) in [5.41, 5.74) is 0. The fraction of sp³-hybridized carbons (Fsp3) is 1.00. The molecule has 0 saturated carbocycles. The molecule has 0 radical (unpaired) electrons. The molecule has 0 aliphatic rings. The van der Waals surface area contributed by atoms with E-state index in [9.17, 15) is 18.1 Å². The standard InChI is InChI=1S/C22H46O4S.K/c1-3-5-7-9-10-11-12-14-16-18-22(27(24,25)26)20-19-21(23)17-15-13-8-6-4-2;/h21-23H,3-20H2,1-2H3,(H,24,25,26);/q;+1/p-1. The van der Waals surface area contributed by atoms with Crippen molar-refractivity contribution in [3.63, 3.8) is 0 Å². The van der Waals surface area contributed by atoms with E-state index in [0.717, 1.165) is 32.1 Å². The van der Waals surface area contributed by atoms with E-state index in [-0.39, 0.29) is 51.4 Å². The first kappa shape index (κ1) is 31.7. The molecule has 0 fully saturated rings. The third kappa shape index (κ3) is 20.8. The molecule has 164 valence electrons. The summed E-state index contributed by atoms with van der Waals surface area (Å²) < 4.78 is 34.5. The summed E-state index contributed by atoms with van der Waals surface area (Å²) in [6.45, 7) is 4.39. The van der Waals surface area contributed by atoms with Crippen LogP contribution in [0.1, 0.15) is 129 Å². The van der Waals surface area contributed by atoms with Gasteiger partial charge >= 0.3 is 51.4 Å². The molecular formula is C22H45KO4S. The van der Waals surface area contributed by atoms with Crippen LogP contribution in [-0.4, -0.2) is 29.4 Å². The van der Waals surface area contributed by atoms with Crippen LogP contribution in [0, 0.1) is 0 Å². The Morgan fingerprint density at radius 3 is 1.46 bits per heavy atom. The number of rotatable bonds is 20. The van der Waals surface area contributed by atoms with Crippen LogP contribution in [0.2, 0.25) is 0 Å². The first-order valence-electron chi connectivity index (χ1n) is 11.5. The zero-order valence-electron chi connectivity index (χ0n) is 19.0. The van der Waals surface area contributed by atoms with E-state index in [1.807, 2.05) is 0 Å². The monoisotopic (exact) mass is 444 g/mol. The van der Waals surface area contributed by atoms with Crippen molar-refractivity contribution in [3.8, 4) is 0 Å². The Morgan fingerprint density at radius 1 is 0.643 bits per heavy atom. The van der Waals surface area contributed by atoms with Crippen molar-refractivity contribution in [3.05, 3.63) is 0 Å². The normalized spacial score (nSPS) is 13.9. The van der Waals surface area contributed by atoms with Crippen molar-refractivity contribution in [2.24, 2.45) is 0 Å². The van der Waals surface area contributed by atoms with Crippen molar-refractivity contribution in [2.75, 3.05) is 0 Å². The molecule has 6 heteroatoms. The van der Waals surface area contributed by atoms with Crippen molar-refractivity contribution in [1.29, 1.82) is 0 Å². The van der Waals surface area contributed by atoms with Gasteiger partial charge in [0.25, 0.3) is 0 Å². The molecule has 0 aliphatic heterocycles. The Bertz CT molecular complexity index is 415. The van der Waals surface area contributed by atoms with Crippen LogP contribution >= 0.6 is 0 Å². The fourth-order valence-electron chi connectivity index (χ4n) is 3.62. The zero-order valence-corrected chi connectivity index (χ0v) is 22.9. The SMILES string of the molecule is CCCCCCCCCCCC(CCC(O)CCCCCCC)S(=O)(=O)[O-].[K+]. The predicted molar refractivity (Wildman–Crippen MR) is 114 cm³/mol. The maximum atomic E-state index is 11.5.